The molecule has 1 aliphatic heterocycles. The van der Waals surface area contributed by atoms with Gasteiger partial charge in [0.1, 0.15) is 24.7 Å². The maximum absolute atomic E-state index is 13.3. The Kier molecular flexibility index (Phi) is 9.25. The molecule has 35 heavy (non-hydrogen) atoms. The molecule has 1 saturated heterocycles. The van der Waals surface area contributed by atoms with Crippen LogP contribution in [0.15, 0.2) is 48.5 Å². The number of anilines is 1. The van der Waals surface area contributed by atoms with Crippen LogP contribution in [0.2, 0.25) is 0 Å². The lowest BCUT2D eigenvalue weighted by molar-refractivity contribution is -0.139. The van der Waals surface area contributed by atoms with E-state index < -0.39 is 12.0 Å². The van der Waals surface area contributed by atoms with Gasteiger partial charge in [-0.15, -0.1) is 0 Å². The molecule has 1 heterocycles. The van der Waals surface area contributed by atoms with Gasteiger partial charge in [0.25, 0.3) is 0 Å². The highest BCUT2D eigenvalue weighted by Gasteiger charge is 2.31. The Balaban J connectivity index is 1.49. The summed E-state index contributed by atoms with van der Waals surface area (Å²) in [5, 5.41) is 10.6. The van der Waals surface area contributed by atoms with Crippen LogP contribution in [0.25, 0.3) is 0 Å². The number of piperidine rings is 1. The zero-order valence-corrected chi connectivity index (χ0v) is 20.4. The number of carbonyl (C=O) groups excluding carboxylic acids is 3. The van der Waals surface area contributed by atoms with Crippen molar-refractivity contribution in [1.29, 1.82) is 0 Å². The van der Waals surface area contributed by atoms with Crippen LogP contribution in [0.5, 0.6) is 5.75 Å². The lowest BCUT2D eigenvalue weighted by Gasteiger charge is -2.37. The van der Waals surface area contributed by atoms with E-state index in [1.807, 2.05) is 26.0 Å². The molecule has 2 amide bonds. The fourth-order valence-corrected chi connectivity index (χ4v) is 4.32. The number of aliphatic hydroxyl groups excluding tert-OH is 1. The van der Waals surface area contributed by atoms with Gasteiger partial charge in [0, 0.05) is 36.3 Å². The van der Waals surface area contributed by atoms with Crippen LogP contribution in [0.3, 0.4) is 0 Å². The van der Waals surface area contributed by atoms with Crippen LogP contribution in [0.1, 0.15) is 42.6 Å². The fourth-order valence-electron chi connectivity index (χ4n) is 4.32. The normalized spacial score (nSPS) is 15.0. The molecule has 1 atom stereocenters. The predicted molar refractivity (Wildman–Crippen MR) is 134 cm³/mol. The van der Waals surface area contributed by atoms with E-state index in [1.54, 1.807) is 41.3 Å². The van der Waals surface area contributed by atoms with Crippen LogP contribution in [-0.4, -0.2) is 66.5 Å². The van der Waals surface area contributed by atoms with E-state index in [0.717, 1.165) is 43.5 Å². The fraction of sp³-hybridized carbons (Fsp3) is 0.444. The number of aldehydes is 1. The van der Waals surface area contributed by atoms with Crippen LogP contribution in [-0.2, 0) is 16.0 Å². The number of hydrogen-bond acceptors (Lipinski definition) is 6. The highest BCUT2D eigenvalue weighted by atomic mass is 16.5. The third kappa shape index (κ3) is 7.55. The first-order valence-electron chi connectivity index (χ1n) is 12.1. The molecule has 3 rings (SSSR count). The van der Waals surface area contributed by atoms with Crippen molar-refractivity contribution in [3.05, 3.63) is 59.7 Å². The van der Waals surface area contributed by atoms with E-state index in [9.17, 15) is 19.5 Å². The number of primary amides is 1. The maximum atomic E-state index is 13.3. The van der Waals surface area contributed by atoms with E-state index in [4.69, 9.17) is 10.5 Å². The summed E-state index contributed by atoms with van der Waals surface area (Å²) in [6, 6.07) is 14.4. The molecule has 0 spiro atoms. The van der Waals surface area contributed by atoms with Gasteiger partial charge >= 0.3 is 0 Å². The summed E-state index contributed by atoms with van der Waals surface area (Å²) in [5.41, 5.74) is 7.70. The van der Waals surface area contributed by atoms with Crippen molar-refractivity contribution in [1.82, 2.24) is 4.90 Å². The Hall–Kier alpha value is -3.39. The molecule has 8 heteroatoms. The summed E-state index contributed by atoms with van der Waals surface area (Å²) in [5.74, 6) is 0.152. The van der Waals surface area contributed by atoms with Crippen LogP contribution >= 0.6 is 0 Å². The lowest BCUT2D eigenvalue weighted by atomic mass is 9.94. The van der Waals surface area contributed by atoms with Gasteiger partial charge in [-0.2, -0.15) is 0 Å². The quantitative estimate of drug-likeness (QED) is 0.477. The molecule has 0 aromatic heterocycles. The SMILES string of the molecule is CC(C)N(C[C@H](O)COc1ccc(CC(N)=O)cc1)C(=O)C1CCN(c2ccc(C=O)cc2)CC1. The predicted octanol–water partition coefficient (Wildman–Crippen LogP) is 2.42. The number of nitrogens with zero attached hydrogens (tertiary/aromatic N) is 2. The van der Waals surface area contributed by atoms with Crippen molar-refractivity contribution in [3.8, 4) is 5.75 Å². The topological polar surface area (TPSA) is 113 Å². The summed E-state index contributed by atoms with van der Waals surface area (Å²) in [4.78, 5) is 39.1. The second kappa shape index (κ2) is 12.4. The van der Waals surface area contributed by atoms with E-state index in [1.165, 1.54) is 0 Å². The van der Waals surface area contributed by atoms with Crippen molar-refractivity contribution in [3.63, 3.8) is 0 Å². The number of rotatable bonds is 11. The highest BCUT2D eigenvalue weighted by molar-refractivity contribution is 5.80. The van der Waals surface area contributed by atoms with Crippen LogP contribution in [0.4, 0.5) is 5.69 Å². The summed E-state index contributed by atoms with van der Waals surface area (Å²) in [6.07, 6.45) is 1.64. The molecular formula is C27H35N3O5. The van der Waals surface area contributed by atoms with E-state index >= 15 is 0 Å². The molecule has 3 N–H and O–H groups in total. The number of benzene rings is 2. The van der Waals surface area contributed by atoms with Crippen molar-refractivity contribution >= 4 is 23.8 Å². The van der Waals surface area contributed by atoms with Crippen molar-refractivity contribution in [2.45, 2.75) is 45.3 Å². The van der Waals surface area contributed by atoms with Gasteiger partial charge in [-0.05, 0) is 68.7 Å². The second-order valence-electron chi connectivity index (χ2n) is 9.31. The Bertz CT molecular complexity index is 983. The molecule has 1 aliphatic rings. The van der Waals surface area contributed by atoms with Crippen LogP contribution < -0.4 is 15.4 Å². The highest BCUT2D eigenvalue weighted by Crippen LogP contribution is 2.25. The van der Waals surface area contributed by atoms with Gasteiger partial charge in [0.15, 0.2) is 0 Å². The molecule has 0 bridgehead atoms. The number of carbonyl (C=O) groups is 3. The van der Waals surface area contributed by atoms with Gasteiger partial charge in [0.2, 0.25) is 11.8 Å². The molecule has 0 saturated carbocycles. The number of ether oxygens (including phenoxy) is 1. The largest absolute Gasteiger partial charge is 0.491 e. The minimum absolute atomic E-state index is 0.0425. The van der Waals surface area contributed by atoms with E-state index in [2.05, 4.69) is 4.90 Å². The lowest BCUT2D eigenvalue weighted by Crippen LogP contribution is -2.48. The van der Waals surface area contributed by atoms with Gasteiger partial charge in [-0.1, -0.05) is 12.1 Å². The third-order valence-corrected chi connectivity index (χ3v) is 6.30. The van der Waals surface area contributed by atoms with E-state index in [0.29, 0.717) is 11.3 Å². The molecule has 0 aliphatic carbocycles. The van der Waals surface area contributed by atoms with Gasteiger partial charge in [-0.25, -0.2) is 0 Å². The molecule has 8 nitrogen and oxygen atoms in total. The van der Waals surface area contributed by atoms with Gasteiger partial charge in [-0.3, -0.25) is 14.4 Å². The zero-order valence-electron chi connectivity index (χ0n) is 20.4. The Labute approximate surface area is 206 Å². The standard InChI is InChI=1S/C27H35N3O5/c1-19(2)30(16-24(32)18-35-25-9-5-20(6-10-25)15-26(28)33)27(34)22-11-13-29(14-12-22)23-7-3-21(17-31)4-8-23/h3-10,17,19,22,24,32H,11-16,18H2,1-2H3,(H2,28,33)/t24-/m0/s1. The molecule has 1 fully saturated rings. The summed E-state index contributed by atoms with van der Waals surface area (Å²) in [6.45, 7) is 5.68. The van der Waals surface area contributed by atoms with Crippen molar-refractivity contribution in [2.24, 2.45) is 11.7 Å². The number of hydrogen-bond donors (Lipinski definition) is 2. The molecule has 2 aromatic rings. The summed E-state index contributed by atoms with van der Waals surface area (Å²) < 4.78 is 5.68. The monoisotopic (exact) mass is 481 g/mol. The first-order valence-corrected chi connectivity index (χ1v) is 12.1. The van der Waals surface area contributed by atoms with Gasteiger partial charge in [0.05, 0.1) is 13.0 Å². The van der Waals surface area contributed by atoms with Crippen molar-refractivity contribution < 1.29 is 24.2 Å². The second-order valence-corrected chi connectivity index (χ2v) is 9.31. The molecule has 0 radical (unpaired) electrons. The molecule has 2 aromatic carbocycles. The third-order valence-electron chi connectivity index (χ3n) is 6.30. The summed E-state index contributed by atoms with van der Waals surface area (Å²) >= 11 is 0. The Morgan fingerprint density at radius 3 is 2.29 bits per heavy atom. The maximum Gasteiger partial charge on any atom is 0.226 e. The zero-order chi connectivity index (χ0) is 25.4. The smallest absolute Gasteiger partial charge is 0.226 e. The van der Waals surface area contributed by atoms with Crippen LogP contribution in [0, 0.1) is 5.92 Å². The molecular weight excluding hydrogens is 446 g/mol. The minimum Gasteiger partial charge on any atom is -0.491 e. The van der Waals surface area contributed by atoms with Crippen molar-refractivity contribution in [2.75, 3.05) is 31.1 Å². The Morgan fingerprint density at radius 2 is 1.74 bits per heavy atom. The summed E-state index contributed by atoms with van der Waals surface area (Å²) in [7, 11) is 0. The first kappa shape index (κ1) is 26.2. The first-order chi connectivity index (χ1) is 16.8. The Morgan fingerprint density at radius 1 is 1.11 bits per heavy atom. The minimum atomic E-state index is -0.830. The van der Waals surface area contributed by atoms with Gasteiger partial charge < -0.3 is 25.4 Å². The van der Waals surface area contributed by atoms with E-state index in [-0.39, 0.29) is 37.4 Å². The number of aliphatic hydroxyl groups is 1. The average Bonchev–Trinajstić information content (AvgIpc) is 2.86. The molecule has 188 valence electrons. The average molecular weight is 482 g/mol. The molecule has 0 unspecified atom stereocenters. The number of nitrogens with two attached hydrogens (primary N) is 1. The number of amides is 2.